The minimum Gasteiger partial charge on any atom is -0.391 e. The largest absolute Gasteiger partial charge is 0.391 e. The zero-order valence-corrected chi connectivity index (χ0v) is 10.6. The Bertz CT molecular complexity index is 410. The van der Waals surface area contributed by atoms with Gasteiger partial charge in [0, 0.05) is 17.3 Å². The highest BCUT2D eigenvalue weighted by Gasteiger charge is 2.24. The topological polar surface area (TPSA) is 73.4 Å². The first-order valence-electron chi connectivity index (χ1n) is 5.87. The van der Waals surface area contributed by atoms with Gasteiger partial charge in [-0.3, -0.25) is 0 Å². The quantitative estimate of drug-likeness (QED) is 0.652. The predicted octanol–water partition coefficient (Wildman–Crippen LogP) is 1.18. The third-order valence-corrected chi connectivity index (χ3v) is 3.12. The van der Waals surface area contributed by atoms with E-state index in [9.17, 15) is 9.90 Å². The Balaban J connectivity index is 1.86. The number of carbonyl (C=O) groups is 1. The van der Waals surface area contributed by atoms with Gasteiger partial charge in [-0.1, -0.05) is 11.6 Å². The number of carbonyl (C=O) groups excluding carboxylic acids is 1. The molecular weight excluding hydrogens is 254 g/mol. The number of hydrogen-bond donors (Lipinski definition) is 4. The zero-order chi connectivity index (χ0) is 13.0. The van der Waals surface area contributed by atoms with Crippen LogP contribution in [0.4, 0.5) is 10.5 Å². The van der Waals surface area contributed by atoms with Crippen LogP contribution in [0, 0.1) is 0 Å². The van der Waals surface area contributed by atoms with Crippen molar-refractivity contribution in [3.05, 3.63) is 29.3 Å². The fraction of sp³-hybridized carbons (Fsp3) is 0.417. The number of benzene rings is 1. The zero-order valence-electron chi connectivity index (χ0n) is 9.82. The van der Waals surface area contributed by atoms with Crippen LogP contribution in [0.5, 0.6) is 0 Å². The molecule has 0 bridgehead atoms. The first-order chi connectivity index (χ1) is 8.65. The van der Waals surface area contributed by atoms with Crippen molar-refractivity contribution in [1.29, 1.82) is 0 Å². The standard InChI is InChI=1S/C12H16ClN3O2/c13-8-1-3-9(4-2-8)15-12(18)16-10-7-14-6-5-11(10)17/h1-4,10-11,14,17H,5-7H2,(H2,15,16,18)/t10-,11-/m1/s1. The molecule has 6 heteroatoms. The van der Waals surface area contributed by atoms with Gasteiger partial charge in [0.2, 0.25) is 0 Å². The third kappa shape index (κ3) is 3.60. The summed E-state index contributed by atoms with van der Waals surface area (Å²) in [6.07, 6.45) is 0.147. The molecule has 1 aliphatic heterocycles. The molecule has 1 saturated heterocycles. The van der Waals surface area contributed by atoms with E-state index in [1.54, 1.807) is 24.3 Å². The van der Waals surface area contributed by atoms with Crippen LogP contribution in [0.2, 0.25) is 5.02 Å². The molecule has 0 saturated carbocycles. The van der Waals surface area contributed by atoms with Crippen LogP contribution in [0.15, 0.2) is 24.3 Å². The van der Waals surface area contributed by atoms with Gasteiger partial charge in [0.1, 0.15) is 0 Å². The molecule has 18 heavy (non-hydrogen) atoms. The van der Waals surface area contributed by atoms with Crippen molar-refractivity contribution >= 4 is 23.3 Å². The number of urea groups is 1. The van der Waals surface area contributed by atoms with Crippen LogP contribution in [0.1, 0.15) is 6.42 Å². The Kier molecular flexibility index (Phi) is 4.41. The molecule has 1 aliphatic rings. The summed E-state index contributed by atoms with van der Waals surface area (Å²) in [5.74, 6) is 0. The maximum Gasteiger partial charge on any atom is 0.319 e. The Morgan fingerprint density at radius 3 is 2.78 bits per heavy atom. The van der Waals surface area contributed by atoms with Crippen molar-refractivity contribution in [3.63, 3.8) is 0 Å². The lowest BCUT2D eigenvalue weighted by Gasteiger charge is -2.29. The molecule has 1 aromatic rings. The number of aliphatic hydroxyl groups is 1. The Morgan fingerprint density at radius 2 is 2.11 bits per heavy atom. The molecule has 0 unspecified atom stereocenters. The summed E-state index contributed by atoms with van der Waals surface area (Å²) in [5, 5.41) is 18.9. The molecule has 1 fully saturated rings. The van der Waals surface area contributed by atoms with Crippen LogP contribution >= 0.6 is 11.6 Å². The van der Waals surface area contributed by atoms with Crippen molar-refractivity contribution < 1.29 is 9.90 Å². The van der Waals surface area contributed by atoms with Gasteiger partial charge in [-0.15, -0.1) is 0 Å². The van der Waals surface area contributed by atoms with Crippen LogP contribution in [0.25, 0.3) is 0 Å². The summed E-state index contributed by atoms with van der Waals surface area (Å²) >= 11 is 5.75. The maximum atomic E-state index is 11.7. The second kappa shape index (κ2) is 6.04. The van der Waals surface area contributed by atoms with Gasteiger partial charge in [0.15, 0.2) is 0 Å². The molecule has 0 aliphatic carbocycles. The van der Waals surface area contributed by atoms with Crippen LogP contribution in [-0.4, -0.2) is 36.4 Å². The van der Waals surface area contributed by atoms with Crippen LogP contribution < -0.4 is 16.0 Å². The molecule has 5 nitrogen and oxygen atoms in total. The molecule has 1 heterocycles. The number of amides is 2. The van der Waals surface area contributed by atoms with E-state index in [-0.39, 0.29) is 12.1 Å². The number of halogens is 1. The average Bonchev–Trinajstić information content (AvgIpc) is 2.35. The lowest BCUT2D eigenvalue weighted by Crippen LogP contribution is -2.54. The number of anilines is 1. The number of hydrogen-bond acceptors (Lipinski definition) is 3. The predicted molar refractivity (Wildman–Crippen MR) is 70.9 cm³/mol. The molecule has 2 rings (SSSR count). The molecule has 0 spiro atoms. The van der Waals surface area contributed by atoms with Gasteiger partial charge in [-0.2, -0.15) is 0 Å². The minimum atomic E-state index is -0.498. The van der Waals surface area contributed by atoms with Gasteiger partial charge in [-0.25, -0.2) is 4.79 Å². The van der Waals surface area contributed by atoms with Gasteiger partial charge in [-0.05, 0) is 37.2 Å². The average molecular weight is 270 g/mol. The van der Waals surface area contributed by atoms with Crippen molar-refractivity contribution in [3.8, 4) is 0 Å². The number of piperidine rings is 1. The van der Waals surface area contributed by atoms with Crippen LogP contribution in [0.3, 0.4) is 0 Å². The van der Waals surface area contributed by atoms with Gasteiger partial charge in [0.05, 0.1) is 12.1 Å². The van der Waals surface area contributed by atoms with Crippen molar-refractivity contribution in [2.75, 3.05) is 18.4 Å². The Morgan fingerprint density at radius 1 is 1.39 bits per heavy atom. The highest BCUT2D eigenvalue weighted by molar-refractivity contribution is 6.30. The molecule has 2 atom stereocenters. The van der Waals surface area contributed by atoms with E-state index in [4.69, 9.17) is 11.6 Å². The van der Waals surface area contributed by atoms with E-state index in [0.717, 1.165) is 6.54 Å². The highest BCUT2D eigenvalue weighted by atomic mass is 35.5. The van der Waals surface area contributed by atoms with Crippen molar-refractivity contribution in [2.24, 2.45) is 0 Å². The summed E-state index contributed by atoms with van der Waals surface area (Å²) in [4.78, 5) is 11.7. The van der Waals surface area contributed by atoms with Gasteiger partial charge < -0.3 is 21.1 Å². The summed E-state index contributed by atoms with van der Waals surface area (Å²) in [7, 11) is 0. The van der Waals surface area contributed by atoms with Crippen molar-refractivity contribution in [2.45, 2.75) is 18.6 Å². The molecule has 4 N–H and O–H groups in total. The van der Waals surface area contributed by atoms with Crippen LogP contribution in [-0.2, 0) is 0 Å². The molecule has 0 radical (unpaired) electrons. The number of nitrogens with one attached hydrogen (secondary N) is 3. The maximum absolute atomic E-state index is 11.7. The van der Waals surface area contributed by atoms with E-state index in [1.165, 1.54) is 0 Å². The molecular formula is C12H16ClN3O2. The molecule has 2 amide bonds. The lowest BCUT2D eigenvalue weighted by atomic mass is 10.0. The molecule has 1 aromatic carbocycles. The van der Waals surface area contributed by atoms with E-state index < -0.39 is 6.10 Å². The smallest absolute Gasteiger partial charge is 0.319 e. The Labute approximate surface area is 111 Å². The highest BCUT2D eigenvalue weighted by Crippen LogP contribution is 2.13. The normalized spacial score (nSPS) is 23.4. The minimum absolute atomic E-state index is 0.258. The monoisotopic (exact) mass is 269 g/mol. The summed E-state index contributed by atoms with van der Waals surface area (Å²) in [5.41, 5.74) is 0.662. The number of aliphatic hydroxyl groups excluding tert-OH is 1. The van der Waals surface area contributed by atoms with Crippen molar-refractivity contribution in [1.82, 2.24) is 10.6 Å². The third-order valence-electron chi connectivity index (χ3n) is 2.86. The lowest BCUT2D eigenvalue weighted by molar-refractivity contribution is 0.103. The summed E-state index contributed by atoms with van der Waals surface area (Å²) in [6.45, 7) is 1.35. The number of rotatable bonds is 2. The SMILES string of the molecule is O=C(Nc1ccc(Cl)cc1)N[C@@H]1CNCC[C@H]1O. The second-order valence-corrected chi connectivity index (χ2v) is 4.71. The summed E-state index contributed by atoms with van der Waals surface area (Å²) < 4.78 is 0. The molecule has 98 valence electrons. The fourth-order valence-electron chi connectivity index (χ4n) is 1.86. The van der Waals surface area contributed by atoms with E-state index in [1.807, 2.05) is 0 Å². The fourth-order valence-corrected chi connectivity index (χ4v) is 1.99. The first-order valence-corrected chi connectivity index (χ1v) is 6.25. The van der Waals surface area contributed by atoms with E-state index >= 15 is 0 Å². The van der Waals surface area contributed by atoms with Gasteiger partial charge >= 0.3 is 6.03 Å². The molecule has 0 aromatic heterocycles. The Hall–Kier alpha value is -1.30. The summed E-state index contributed by atoms with van der Waals surface area (Å²) in [6, 6.07) is 6.26. The van der Waals surface area contributed by atoms with E-state index in [0.29, 0.717) is 23.7 Å². The first kappa shape index (κ1) is 13.1. The second-order valence-electron chi connectivity index (χ2n) is 4.27. The van der Waals surface area contributed by atoms with Gasteiger partial charge in [0.25, 0.3) is 0 Å². The van der Waals surface area contributed by atoms with E-state index in [2.05, 4.69) is 16.0 Å².